The molecule has 2 aromatic rings. The maximum Gasteiger partial charge on any atom is 0.255 e. The summed E-state index contributed by atoms with van der Waals surface area (Å²) in [6.07, 6.45) is 5.27. The average molecular weight is 280 g/mol. The number of hydrogen-bond acceptors (Lipinski definition) is 4. The highest BCUT2D eigenvalue weighted by molar-refractivity contribution is 6.30. The van der Waals surface area contributed by atoms with Gasteiger partial charge in [-0.2, -0.15) is 19.6 Å². The highest BCUT2D eigenvalue weighted by Crippen LogP contribution is 2.30. The van der Waals surface area contributed by atoms with E-state index < -0.39 is 0 Å². The van der Waals surface area contributed by atoms with Gasteiger partial charge in [0.15, 0.2) is 0 Å². The molecule has 1 unspecified atom stereocenters. The second kappa shape index (κ2) is 4.96. The molecule has 0 amide bonds. The van der Waals surface area contributed by atoms with Crippen LogP contribution in [0.15, 0.2) is 6.33 Å². The quantitative estimate of drug-likeness (QED) is 0.793. The molecule has 0 bridgehead atoms. The second-order valence-corrected chi connectivity index (χ2v) is 5.54. The first-order valence-electron chi connectivity index (χ1n) is 6.81. The minimum atomic E-state index is 0.522. The van der Waals surface area contributed by atoms with Crippen molar-refractivity contribution in [3.63, 3.8) is 0 Å². The lowest BCUT2D eigenvalue weighted by Crippen LogP contribution is -2.37. The molecule has 1 saturated heterocycles. The molecular weight excluding hydrogens is 262 g/mol. The smallest absolute Gasteiger partial charge is 0.255 e. The van der Waals surface area contributed by atoms with Gasteiger partial charge in [-0.3, -0.25) is 0 Å². The van der Waals surface area contributed by atoms with Crippen molar-refractivity contribution in [2.45, 2.75) is 33.1 Å². The standard InChI is InChI=1S/C13H18ClN5/c1-3-10-5-4-6-18(7-10)12-9(2)11(14)17-13-15-8-16-19(12)13/h8,10H,3-7H2,1-2H3. The molecule has 0 saturated carbocycles. The van der Waals surface area contributed by atoms with Crippen LogP contribution >= 0.6 is 11.6 Å². The van der Waals surface area contributed by atoms with E-state index in [4.69, 9.17) is 11.6 Å². The lowest BCUT2D eigenvalue weighted by atomic mass is 9.95. The normalized spacial score (nSPS) is 20.2. The first-order valence-corrected chi connectivity index (χ1v) is 7.19. The van der Waals surface area contributed by atoms with Crippen LogP contribution in [0.5, 0.6) is 0 Å². The van der Waals surface area contributed by atoms with Gasteiger partial charge in [0, 0.05) is 18.7 Å². The average Bonchev–Trinajstić information content (AvgIpc) is 2.87. The summed E-state index contributed by atoms with van der Waals surface area (Å²) in [5.74, 6) is 2.37. The molecule has 2 aromatic heterocycles. The van der Waals surface area contributed by atoms with Gasteiger partial charge < -0.3 is 4.90 Å². The van der Waals surface area contributed by atoms with Crippen LogP contribution in [0.3, 0.4) is 0 Å². The molecule has 0 radical (unpaired) electrons. The molecule has 3 heterocycles. The Morgan fingerprint density at radius 3 is 3.11 bits per heavy atom. The van der Waals surface area contributed by atoms with Gasteiger partial charge in [0.25, 0.3) is 5.78 Å². The molecule has 0 aliphatic carbocycles. The van der Waals surface area contributed by atoms with Gasteiger partial charge in [0.2, 0.25) is 0 Å². The number of rotatable bonds is 2. The Kier molecular flexibility index (Phi) is 3.31. The molecule has 1 aliphatic heterocycles. The van der Waals surface area contributed by atoms with Gasteiger partial charge >= 0.3 is 0 Å². The third-order valence-electron chi connectivity index (χ3n) is 3.97. The number of piperidine rings is 1. The summed E-state index contributed by atoms with van der Waals surface area (Å²) in [4.78, 5) is 10.8. The zero-order valence-corrected chi connectivity index (χ0v) is 12.1. The van der Waals surface area contributed by atoms with Crippen molar-refractivity contribution in [3.05, 3.63) is 17.0 Å². The SMILES string of the molecule is CCC1CCCN(c2c(C)c(Cl)nc3ncnn23)C1. The minimum absolute atomic E-state index is 0.522. The Hall–Kier alpha value is -1.36. The zero-order chi connectivity index (χ0) is 13.4. The van der Waals surface area contributed by atoms with Crippen LogP contribution in [0.25, 0.3) is 5.78 Å². The van der Waals surface area contributed by atoms with Gasteiger partial charge in [-0.25, -0.2) is 0 Å². The summed E-state index contributed by atoms with van der Waals surface area (Å²) in [7, 11) is 0. The van der Waals surface area contributed by atoms with Crippen LogP contribution in [0.2, 0.25) is 5.15 Å². The van der Waals surface area contributed by atoms with Crippen LogP contribution in [0.4, 0.5) is 5.82 Å². The molecule has 19 heavy (non-hydrogen) atoms. The zero-order valence-electron chi connectivity index (χ0n) is 11.3. The van der Waals surface area contributed by atoms with E-state index in [0.29, 0.717) is 10.9 Å². The predicted molar refractivity (Wildman–Crippen MR) is 75.8 cm³/mol. The summed E-state index contributed by atoms with van der Waals surface area (Å²) in [5.41, 5.74) is 0.983. The van der Waals surface area contributed by atoms with Crippen LogP contribution in [0, 0.1) is 12.8 Å². The van der Waals surface area contributed by atoms with E-state index >= 15 is 0 Å². The van der Waals surface area contributed by atoms with Crippen LogP contribution in [-0.2, 0) is 0 Å². The molecular formula is C13H18ClN5. The largest absolute Gasteiger partial charge is 0.356 e. The molecule has 3 rings (SSSR count). The lowest BCUT2D eigenvalue weighted by molar-refractivity contribution is 0.401. The molecule has 6 heteroatoms. The molecule has 0 aromatic carbocycles. The maximum absolute atomic E-state index is 6.22. The third-order valence-corrected chi connectivity index (χ3v) is 4.34. The van der Waals surface area contributed by atoms with Crippen LogP contribution in [0.1, 0.15) is 31.7 Å². The summed E-state index contributed by atoms with van der Waals surface area (Å²) < 4.78 is 1.80. The highest BCUT2D eigenvalue weighted by atomic mass is 35.5. The summed E-state index contributed by atoms with van der Waals surface area (Å²) in [6.45, 7) is 6.37. The Bertz CT molecular complexity index is 594. The van der Waals surface area contributed by atoms with Gasteiger partial charge in [0.1, 0.15) is 17.3 Å². The van der Waals surface area contributed by atoms with Gasteiger partial charge in [-0.1, -0.05) is 24.9 Å². The topological polar surface area (TPSA) is 46.3 Å². The molecule has 102 valence electrons. The number of halogens is 1. The minimum Gasteiger partial charge on any atom is -0.356 e. The maximum atomic E-state index is 6.22. The first-order chi connectivity index (χ1) is 9.20. The fraction of sp³-hybridized carbons (Fsp3) is 0.615. The fourth-order valence-corrected chi connectivity index (χ4v) is 3.01. The summed E-state index contributed by atoms with van der Waals surface area (Å²) in [5, 5.41) is 4.81. The number of nitrogens with zero attached hydrogens (tertiary/aromatic N) is 5. The highest BCUT2D eigenvalue weighted by Gasteiger charge is 2.24. The van der Waals surface area contributed by atoms with Crippen molar-refractivity contribution < 1.29 is 0 Å². The number of aromatic nitrogens is 4. The van der Waals surface area contributed by atoms with E-state index in [1.807, 2.05) is 6.92 Å². The molecule has 0 N–H and O–H groups in total. The van der Waals surface area contributed by atoms with E-state index in [9.17, 15) is 0 Å². The fourth-order valence-electron chi connectivity index (χ4n) is 2.85. The molecule has 0 spiro atoms. The number of fused-ring (bicyclic) bond motifs is 1. The Morgan fingerprint density at radius 2 is 2.32 bits per heavy atom. The van der Waals surface area contributed by atoms with Crippen molar-refractivity contribution >= 4 is 23.2 Å². The van der Waals surface area contributed by atoms with Crippen molar-refractivity contribution in [1.82, 2.24) is 19.6 Å². The van der Waals surface area contributed by atoms with Crippen molar-refractivity contribution in [1.29, 1.82) is 0 Å². The van der Waals surface area contributed by atoms with E-state index in [1.165, 1.54) is 25.6 Å². The van der Waals surface area contributed by atoms with Crippen molar-refractivity contribution in [2.75, 3.05) is 18.0 Å². The number of hydrogen-bond donors (Lipinski definition) is 0. The molecule has 1 atom stereocenters. The van der Waals surface area contributed by atoms with Crippen LogP contribution in [-0.4, -0.2) is 32.7 Å². The van der Waals surface area contributed by atoms with E-state index in [0.717, 1.165) is 30.4 Å². The van der Waals surface area contributed by atoms with Gasteiger partial charge in [-0.05, 0) is 25.7 Å². The monoisotopic (exact) mass is 279 g/mol. The summed E-state index contributed by atoms with van der Waals surface area (Å²) >= 11 is 6.22. The third kappa shape index (κ3) is 2.16. The lowest BCUT2D eigenvalue weighted by Gasteiger charge is -2.34. The first kappa shape index (κ1) is 12.7. The van der Waals surface area contributed by atoms with Crippen molar-refractivity contribution in [3.8, 4) is 0 Å². The van der Waals surface area contributed by atoms with E-state index in [2.05, 4.69) is 26.9 Å². The van der Waals surface area contributed by atoms with Gasteiger partial charge in [-0.15, -0.1) is 0 Å². The predicted octanol–water partition coefficient (Wildman–Crippen LogP) is 2.71. The van der Waals surface area contributed by atoms with Gasteiger partial charge in [0.05, 0.1) is 0 Å². The van der Waals surface area contributed by atoms with E-state index in [1.54, 1.807) is 4.52 Å². The summed E-state index contributed by atoms with van der Waals surface area (Å²) in [6, 6.07) is 0. The molecule has 5 nitrogen and oxygen atoms in total. The second-order valence-electron chi connectivity index (χ2n) is 5.19. The molecule has 1 aliphatic rings. The Morgan fingerprint density at radius 1 is 1.47 bits per heavy atom. The van der Waals surface area contributed by atoms with Crippen LogP contribution < -0.4 is 4.90 Å². The Balaban J connectivity index is 2.08. The molecule has 1 fully saturated rings. The van der Waals surface area contributed by atoms with Crippen molar-refractivity contribution in [2.24, 2.45) is 5.92 Å². The number of anilines is 1. The Labute approximate surface area is 117 Å². The van der Waals surface area contributed by atoms with E-state index in [-0.39, 0.29) is 0 Å².